The third kappa shape index (κ3) is 4.66. The molecule has 0 aromatic heterocycles. The zero-order valence-corrected chi connectivity index (χ0v) is 12.2. The molecule has 0 spiro atoms. The van der Waals surface area contributed by atoms with Crippen LogP contribution in [0.4, 0.5) is 10.5 Å². The van der Waals surface area contributed by atoms with E-state index in [1.165, 1.54) is 6.92 Å². The monoisotopic (exact) mass is 278 g/mol. The highest BCUT2D eigenvalue weighted by molar-refractivity contribution is 5.96. The summed E-state index contributed by atoms with van der Waals surface area (Å²) in [4.78, 5) is 25.2. The zero-order valence-electron chi connectivity index (χ0n) is 12.2. The summed E-state index contributed by atoms with van der Waals surface area (Å²) in [5.41, 5.74) is 1.16. The number of amides is 2. The molecule has 0 aliphatic carbocycles. The Kier molecular flexibility index (Phi) is 6.18. The van der Waals surface area contributed by atoms with E-state index in [-0.39, 0.29) is 24.5 Å². The number of hydrogen-bond acceptors (Lipinski definition) is 3. The van der Waals surface area contributed by atoms with Crippen molar-refractivity contribution in [1.29, 1.82) is 0 Å². The maximum Gasteiger partial charge on any atom is 0.322 e. The number of aliphatic hydroxyl groups excluding tert-OH is 1. The molecular weight excluding hydrogens is 256 g/mol. The molecule has 20 heavy (non-hydrogen) atoms. The minimum atomic E-state index is -0.228. The molecule has 5 heteroatoms. The van der Waals surface area contributed by atoms with Crippen molar-refractivity contribution >= 4 is 17.5 Å². The van der Waals surface area contributed by atoms with Crippen molar-refractivity contribution in [1.82, 2.24) is 4.90 Å². The normalized spacial score (nSPS) is 10.4. The number of hydrogen-bond donors (Lipinski definition) is 2. The Hall–Kier alpha value is -1.88. The van der Waals surface area contributed by atoms with Gasteiger partial charge in [-0.25, -0.2) is 4.79 Å². The van der Waals surface area contributed by atoms with Gasteiger partial charge in [-0.05, 0) is 39.3 Å². The molecule has 110 valence electrons. The molecule has 1 rings (SSSR count). The molecule has 1 aromatic carbocycles. The highest BCUT2D eigenvalue weighted by Gasteiger charge is 2.16. The number of rotatable bonds is 6. The summed E-state index contributed by atoms with van der Waals surface area (Å²) in [7, 11) is 0. The lowest BCUT2D eigenvalue weighted by Gasteiger charge is -2.26. The van der Waals surface area contributed by atoms with Gasteiger partial charge < -0.3 is 15.3 Å². The first-order valence-corrected chi connectivity index (χ1v) is 6.75. The minimum Gasteiger partial charge on any atom is -0.396 e. The molecule has 5 nitrogen and oxygen atoms in total. The van der Waals surface area contributed by atoms with Crippen LogP contribution in [0.25, 0.3) is 0 Å². The summed E-state index contributed by atoms with van der Waals surface area (Å²) >= 11 is 0. The zero-order chi connectivity index (χ0) is 15.1. The Morgan fingerprint density at radius 3 is 2.60 bits per heavy atom. The fourth-order valence-corrected chi connectivity index (χ4v) is 1.85. The van der Waals surface area contributed by atoms with Crippen molar-refractivity contribution in [2.75, 3.05) is 18.5 Å². The standard InChI is InChI=1S/C15H22N2O3/c1-11(2)17(8-5-9-18)15(20)16-14-7-4-6-13(10-14)12(3)19/h4,6-7,10-11,18H,5,8-9H2,1-3H3,(H,16,20). The number of nitrogens with zero attached hydrogens (tertiary/aromatic N) is 1. The Morgan fingerprint density at radius 1 is 1.35 bits per heavy atom. The molecule has 0 unspecified atom stereocenters. The number of aliphatic hydroxyl groups is 1. The average Bonchev–Trinajstić information content (AvgIpc) is 2.39. The summed E-state index contributed by atoms with van der Waals surface area (Å²) in [6.07, 6.45) is 0.541. The fraction of sp³-hybridized carbons (Fsp3) is 0.467. The number of carbonyl (C=O) groups excluding carboxylic acids is 2. The molecule has 2 N–H and O–H groups in total. The molecule has 0 heterocycles. The van der Waals surface area contributed by atoms with Gasteiger partial charge in [-0.3, -0.25) is 4.79 Å². The Balaban J connectivity index is 2.77. The second-order valence-corrected chi connectivity index (χ2v) is 4.93. The molecule has 0 bridgehead atoms. The smallest absolute Gasteiger partial charge is 0.322 e. The summed E-state index contributed by atoms with van der Waals surface area (Å²) in [6.45, 7) is 5.87. The van der Waals surface area contributed by atoms with E-state index in [1.54, 1.807) is 29.2 Å². The molecule has 2 amide bonds. The molecular formula is C15H22N2O3. The van der Waals surface area contributed by atoms with Crippen LogP contribution in [0, 0.1) is 0 Å². The highest BCUT2D eigenvalue weighted by atomic mass is 16.3. The summed E-state index contributed by atoms with van der Waals surface area (Å²) in [6, 6.07) is 6.66. The molecule has 1 aromatic rings. The quantitative estimate of drug-likeness (QED) is 0.785. The largest absolute Gasteiger partial charge is 0.396 e. The van der Waals surface area contributed by atoms with E-state index in [2.05, 4.69) is 5.32 Å². The van der Waals surface area contributed by atoms with E-state index in [0.717, 1.165) is 0 Å². The maximum absolute atomic E-state index is 12.2. The number of ketones is 1. The second-order valence-electron chi connectivity index (χ2n) is 4.93. The first kappa shape index (κ1) is 16.2. The third-order valence-corrected chi connectivity index (χ3v) is 2.96. The number of anilines is 1. The number of nitrogens with one attached hydrogen (secondary N) is 1. The van der Waals surface area contributed by atoms with Gasteiger partial charge in [-0.15, -0.1) is 0 Å². The van der Waals surface area contributed by atoms with Gasteiger partial charge in [0.05, 0.1) is 0 Å². The van der Waals surface area contributed by atoms with E-state index in [0.29, 0.717) is 24.2 Å². The number of urea groups is 1. The highest BCUT2D eigenvalue weighted by Crippen LogP contribution is 2.13. The number of benzene rings is 1. The minimum absolute atomic E-state index is 0.0394. The van der Waals surface area contributed by atoms with Gasteiger partial charge in [0.15, 0.2) is 5.78 Å². The van der Waals surface area contributed by atoms with Gasteiger partial charge in [0.25, 0.3) is 0 Å². The first-order chi connectivity index (χ1) is 9.45. The van der Waals surface area contributed by atoms with E-state index in [1.807, 2.05) is 13.8 Å². The van der Waals surface area contributed by atoms with Crippen molar-refractivity contribution in [3.05, 3.63) is 29.8 Å². The third-order valence-electron chi connectivity index (χ3n) is 2.96. The molecule has 0 saturated heterocycles. The van der Waals surface area contributed by atoms with E-state index in [9.17, 15) is 9.59 Å². The Labute approximate surface area is 119 Å². The van der Waals surface area contributed by atoms with Crippen molar-refractivity contribution in [3.8, 4) is 0 Å². The first-order valence-electron chi connectivity index (χ1n) is 6.75. The second kappa shape index (κ2) is 7.65. The van der Waals surface area contributed by atoms with Gasteiger partial charge in [0.1, 0.15) is 0 Å². The van der Waals surface area contributed by atoms with Crippen molar-refractivity contribution in [2.45, 2.75) is 33.2 Å². The van der Waals surface area contributed by atoms with Crippen LogP contribution in [-0.4, -0.2) is 41.0 Å². The SMILES string of the molecule is CC(=O)c1cccc(NC(=O)N(CCCO)C(C)C)c1. The van der Waals surface area contributed by atoms with Crippen LogP contribution in [0.1, 0.15) is 37.6 Å². The summed E-state index contributed by atoms with van der Waals surface area (Å²) < 4.78 is 0. The predicted molar refractivity (Wildman–Crippen MR) is 79.0 cm³/mol. The summed E-state index contributed by atoms with van der Waals surface area (Å²) in [5, 5.41) is 11.7. The predicted octanol–water partition coefficient (Wildman–Crippen LogP) is 2.51. The lowest BCUT2D eigenvalue weighted by molar-refractivity contribution is 0.101. The van der Waals surface area contributed by atoms with Crippen LogP contribution >= 0.6 is 0 Å². The van der Waals surface area contributed by atoms with Crippen LogP contribution in [0.5, 0.6) is 0 Å². The van der Waals surface area contributed by atoms with E-state index in [4.69, 9.17) is 5.11 Å². The number of carbonyl (C=O) groups is 2. The van der Waals surface area contributed by atoms with Crippen LogP contribution in [0.3, 0.4) is 0 Å². The molecule has 0 fully saturated rings. The number of Topliss-reactive ketones (excluding diaryl/α,β-unsaturated/α-hetero) is 1. The maximum atomic E-state index is 12.2. The van der Waals surface area contributed by atoms with E-state index >= 15 is 0 Å². The van der Waals surface area contributed by atoms with Gasteiger partial charge in [-0.2, -0.15) is 0 Å². The van der Waals surface area contributed by atoms with E-state index < -0.39 is 0 Å². The molecule has 0 radical (unpaired) electrons. The molecule has 0 aliphatic heterocycles. The van der Waals surface area contributed by atoms with Gasteiger partial charge in [0.2, 0.25) is 0 Å². The van der Waals surface area contributed by atoms with Crippen LogP contribution < -0.4 is 5.32 Å². The Bertz CT molecular complexity index is 472. The molecule has 0 saturated carbocycles. The van der Waals surface area contributed by atoms with Crippen molar-refractivity contribution in [2.24, 2.45) is 0 Å². The van der Waals surface area contributed by atoms with Crippen molar-refractivity contribution in [3.63, 3.8) is 0 Å². The average molecular weight is 278 g/mol. The van der Waals surface area contributed by atoms with Crippen LogP contribution in [0.2, 0.25) is 0 Å². The molecule has 0 aliphatic rings. The van der Waals surface area contributed by atoms with Gasteiger partial charge in [0, 0.05) is 30.4 Å². The lowest BCUT2D eigenvalue weighted by Crippen LogP contribution is -2.41. The molecule has 0 atom stereocenters. The van der Waals surface area contributed by atoms with Crippen molar-refractivity contribution < 1.29 is 14.7 Å². The lowest BCUT2D eigenvalue weighted by atomic mass is 10.1. The topological polar surface area (TPSA) is 69.6 Å². The Morgan fingerprint density at radius 2 is 2.05 bits per heavy atom. The van der Waals surface area contributed by atoms with Crippen LogP contribution in [0.15, 0.2) is 24.3 Å². The van der Waals surface area contributed by atoms with Gasteiger partial charge >= 0.3 is 6.03 Å². The fourth-order valence-electron chi connectivity index (χ4n) is 1.85. The summed E-state index contributed by atoms with van der Waals surface area (Å²) in [5.74, 6) is -0.0397. The van der Waals surface area contributed by atoms with Gasteiger partial charge in [-0.1, -0.05) is 12.1 Å². The van der Waals surface area contributed by atoms with Crippen LogP contribution in [-0.2, 0) is 0 Å².